The van der Waals surface area contributed by atoms with E-state index in [1.165, 1.54) is 7.11 Å². The average Bonchev–Trinajstić information content (AvgIpc) is 2.81. The molecule has 0 saturated heterocycles. The van der Waals surface area contributed by atoms with Gasteiger partial charge in [-0.2, -0.15) is 0 Å². The number of esters is 1. The van der Waals surface area contributed by atoms with Gasteiger partial charge in [0.15, 0.2) is 5.82 Å². The Morgan fingerprint density at radius 1 is 1.17 bits per heavy atom. The van der Waals surface area contributed by atoms with E-state index in [0.717, 1.165) is 16.1 Å². The lowest BCUT2D eigenvalue weighted by atomic mass is 10.2. The summed E-state index contributed by atoms with van der Waals surface area (Å²) in [5.41, 5.74) is 6.04. The Balaban J connectivity index is 1.48. The molecule has 1 aliphatic heterocycles. The number of nitrogens with one attached hydrogen (secondary N) is 2. The van der Waals surface area contributed by atoms with E-state index < -0.39 is 18.1 Å². The third kappa shape index (κ3) is 6.14. The first kappa shape index (κ1) is 21.0. The summed E-state index contributed by atoms with van der Waals surface area (Å²) < 4.78 is 9.98. The van der Waals surface area contributed by atoms with Crippen molar-refractivity contribution in [2.24, 2.45) is 0 Å². The predicted molar refractivity (Wildman–Crippen MR) is 109 cm³/mol. The average molecular weight is 409 g/mol. The summed E-state index contributed by atoms with van der Waals surface area (Å²) in [6.07, 6.45) is 8.36. The fourth-order valence-corrected chi connectivity index (χ4v) is 2.74. The number of hydrogen-bond acceptors (Lipinski definition) is 6. The van der Waals surface area contributed by atoms with Crippen LogP contribution in [0.5, 0.6) is 0 Å². The van der Waals surface area contributed by atoms with Gasteiger partial charge in [0.25, 0.3) is 0 Å². The summed E-state index contributed by atoms with van der Waals surface area (Å²) in [5.74, 6) is 0.0489. The largest absolute Gasteiger partial charge is 0.490 e. The first-order valence-corrected chi connectivity index (χ1v) is 9.43. The third-order valence-corrected chi connectivity index (χ3v) is 4.33. The maximum absolute atomic E-state index is 12.1. The van der Waals surface area contributed by atoms with Crippen LogP contribution in [0, 0.1) is 0 Å². The molecule has 2 N–H and O–H groups in total. The van der Waals surface area contributed by atoms with Crippen LogP contribution in [-0.2, 0) is 20.9 Å². The second-order valence-corrected chi connectivity index (χ2v) is 6.43. The normalized spacial score (nSPS) is 16.0. The van der Waals surface area contributed by atoms with Gasteiger partial charge in [-0.05, 0) is 11.6 Å². The molecule has 2 heterocycles. The van der Waals surface area contributed by atoms with Gasteiger partial charge in [0.2, 0.25) is 0 Å². The van der Waals surface area contributed by atoms with Crippen LogP contribution in [0.25, 0.3) is 11.0 Å². The molecule has 0 fully saturated rings. The molecule has 1 aromatic carbocycles. The molecule has 9 nitrogen and oxygen atoms in total. The number of aromatic nitrogens is 2. The lowest BCUT2D eigenvalue weighted by Gasteiger charge is -2.30. The maximum atomic E-state index is 12.1. The van der Waals surface area contributed by atoms with E-state index >= 15 is 0 Å². The Morgan fingerprint density at radius 3 is 2.60 bits per heavy atom. The quantitative estimate of drug-likeness (QED) is 0.638. The van der Waals surface area contributed by atoms with E-state index in [0.29, 0.717) is 18.8 Å². The number of benzene rings is 1. The van der Waals surface area contributed by atoms with Gasteiger partial charge in [-0.1, -0.05) is 30.3 Å². The zero-order valence-corrected chi connectivity index (χ0v) is 16.5. The minimum Gasteiger partial charge on any atom is -0.490 e. The highest BCUT2D eigenvalue weighted by Crippen LogP contribution is 2.12. The number of methoxy groups -OCH3 is 1. The number of rotatable bonds is 8. The second-order valence-electron chi connectivity index (χ2n) is 6.43. The lowest BCUT2D eigenvalue weighted by molar-refractivity contribution is -0.804. The summed E-state index contributed by atoms with van der Waals surface area (Å²) in [6, 6.07) is 10.2. The highest BCUT2D eigenvalue weighted by atomic mass is 16.6. The van der Waals surface area contributed by atoms with Crippen molar-refractivity contribution in [3.8, 4) is 0 Å². The topological polar surface area (TPSA) is 109 Å². The predicted octanol–water partition coefficient (Wildman–Crippen LogP) is 1.38. The van der Waals surface area contributed by atoms with Crippen LogP contribution < -0.4 is 10.3 Å². The fraction of sp³-hybridized carbons (Fsp3) is 0.238. The van der Waals surface area contributed by atoms with Gasteiger partial charge < -0.3 is 25.2 Å². The summed E-state index contributed by atoms with van der Waals surface area (Å²) in [4.78, 5) is 32.5. The molecule has 0 bridgehead atoms. The molecule has 30 heavy (non-hydrogen) atoms. The number of hydrogen-bond donors (Lipinski definition) is 2. The number of carbonyl (C=O) groups is 2. The number of ether oxygens (including phenoxy) is 2. The number of amides is 1. The highest BCUT2D eigenvalue weighted by Gasteiger charge is 2.23. The van der Waals surface area contributed by atoms with Crippen LogP contribution in [0.15, 0.2) is 67.3 Å². The number of alkyl carbamates (subject to hydrolysis) is 1. The Morgan fingerprint density at radius 2 is 1.93 bits per heavy atom. The minimum absolute atomic E-state index is 0.116. The van der Waals surface area contributed by atoms with Crippen LogP contribution in [0.4, 0.5) is 4.79 Å². The van der Waals surface area contributed by atoms with Crippen molar-refractivity contribution >= 4 is 17.6 Å². The van der Waals surface area contributed by atoms with Crippen molar-refractivity contribution in [3.05, 3.63) is 84.1 Å². The molecule has 0 radical (unpaired) electrons. The van der Waals surface area contributed by atoms with Gasteiger partial charge in [-0.25, -0.2) is 19.6 Å². The Kier molecular flexibility index (Phi) is 7.51. The molecule has 1 aliphatic rings. The van der Waals surface area contributed by atoms with Crippen LogP contribution in [0.2, 0.25) is 0 Å². The zero-order valence-electron chi connectivity index (χ0n) is 16.5. The van der Waals surface area contributed by atoms with E-state index in [1.807, 2.05) is 42.6 Å². The molecule has 2 aromatic rings. The van der Waals surface area contributed by atoms with Gasteiger partial charge in [-0.3, -0.25) is 0 Å². The Bertz CT molecular complexity index is 902. The Hall–Kier alpha value is -3.72. The van der Waals surface area contributed by atoms with Crippen molar-refractivity contribution in [3.63, 3.8) is 0 Å². The number of nitrogens with zero attached hydrogens (tertiary/aromatic N) is 3. The van der Waals surface area contributed by atoms with Gasteiger partial charge in [0.05, 0.1) is 19.9 Å². The second kappa shape index (κ2) is 10.7. The third-order valence-electron chi connectivity index (χ3n) is 4.33. The molecule has 2 atom stereocenters. The number of allylic oxidation sites excluding steroid dienone is 2. The lowest BCUT2D eigenvalue weighted by Crippen LogP contribution is -3.03. The SMILES string of the molecule is COC(=O)[C@H](CC[NH+]1C=CC(c2ncccn2)=C[N-]1)NC(=O)OCc1ccccc1. The molecular weight excluding hydrogens is 386 g/mol. The van der Waals surface area contributed by atoms with Crippen molar-refractivity contribution in [2.45, 2.75) is 19.1 Å². The molecule has 9 heteroatoms. The molecule has 156 valence electrons. The van der Waals surface area contributed by atoms with E-state index in [4.69, 9.17) is 9.47 Å². The highest BCUT2D eigenvalue weighted by molar-refractivity contribution is 5.81. The van der Waals surface area contributed by atoms with Crippen LogP contribution >= 0.6 is 0 Å². The number of carbonyl (C=O) groups excluding carboxylic acids is 2. The van der Waals surface area contributed by atoms with Crippen LogP contribution in [0.3, 0.4) is 0 Å². The summed E-state index contributed by atoms with van der Waals surface area (Å²) >= 11 is 0. The van der Waals surface area contributed by atoms with Gasteiger partial charge in [0, 0.05) is 30.5 Å². The molecule has 3 rings (SSSR count). The number of quaternary nitrogens is 1. The fourth-order valence-electron chi connectivity index (χ4n) is 2.74. The molecule has 1 unspecified atom stereocenters. The van der Waals surface area contributed by atoms with E-state index in [9.17, 15) is 9.59 Å². The molecule has 0 aliphatic carbocycles. The van der Waals surface area contributed by atoms with Gasteiger partial charge >= 0.3 is 12.1 Å². The maximum Gasteiger partial charge on any atom is 0.408 e. The van der Waals surface area contributed by atoms with Crippen LogP contribution in [-0.4, -0.2) is 41.7 Å². The molecule has 1 amide bonds. The van der Waals surface area contributed by atoms with E-state index in [1.54, 1.807) is 24.7 Å². The van der Waals surface area contributed by atoms with Crippen molar-refractivity contribution in [1.29, 1.82) is 0 Å². The summed E-state index contributed by atoms with van der Waals surface area (Å²) in [5, 5.41) is 3.33. The molecular formula is C21H23N5O4. The van der Waals surface area contributed by atoms with Gasteiger partial charge in [-0.15, -0.1) is 6.20 Å². The van der Waals surface area contributed by atoms with E-state index in [-0.39, 0.29) is 6.61 Å². The van der Waals surface area contributed by atoms with Crippen molar-refractivity contribution in [1.82, 2.24) is 15.3 Å². The monoisotopic (exact) mass is 409 g/mol. The summed E-state index contributed by atoms with van der Waals surface area (Å²) in [7, 11) is 1.28. The van der Waals surface area contributed by atoms with E-state index in [2.05, 4.69) is 20.7 Å². The minimum atomic E-state index is -0.836. The Labute approximate surface area is 174 Å². The summed E-state index contributed by atoms with van der Waals surface area (Å²) in [6.45, 7) is 0.583. The molecule has 0 saturated carbocycles. The first-order valence-electron chi connectivity index (χ1n) is 9.43. The van der Waals surface area contributed by atoms with Crippen molar-refractivity contribution in [2.75, 3.05) is 13.7 Å². The zero-order chi connectivity index (χ0) is 21.2. The van der Waals surface area contributed by atoms with Gasteiger partial charge in [0.1, 0.15) is 12.6 Å². The first-order chi connectivity index (χ1) is 14.7. The van der Waals surface area contributed by atoms with Crippen molar-refractivity contribution < 1.29 is 24.1 Å². The smallest absolute Gasteiger partial charge is 0.408 e. The standard InChI is InChI=1S/C21H23N5O4/c1-29-20(27)18(25-21(28)30-15-16-6-3-2-4-7-16)9-13-26-12-8-17(14-24-26)19-22-10-5-11-23-19/h2-8,10-12,14,18,26H,9,13,15H2,1H3,(H-,22,23,24,25,28)/t18-/m0/s1. The molecule has 1 aromatic heterocycles. The van der Waals surface area contributed by atoms with Crippen LogP contribution in [0.1, 0.15) is 17.8 Å². The molecule has 0 spiro atoms.